The van der Waals surface area contributed by atoms with Gasteiger partial charge in [-0.05, 0) is 31.2 Å². The highest BCUT2D eigenvalue weighted by Crippen LogP contribution is 2.38. The summed E-state index contributed by atoms with van der Waals surface area (Å²) in [6.45, 7) is 2.02. The van der Waals surface area contributed by atoms with E-state index in [1.807, 2.05) is 54.0 Å². The van der Waals surface area contributed by atoms with E-state index in [-0.39, 0.29) is 0 Å². The van der Waals surface area contributed by atoms with Gasteiger partial charge in [0.2, 0.25) is 0 Å². The van der Waals surface area contributed by atoms with Crippen LogP contribution in [0.3, 0.4) is 0 Å². The number of fused-ring (bicyclic) bond motifs is 1. The fourth-order valence-corrected chi connectivity index (χ4v) is 3.55. The van der Waals surface area contributed by atoms with E-state index in [0.29, 0.717) is 10.7 Å². The Morgan fingerprint density at radius 2 is 2.08 bits per heavy atom. The third-order valence-electron chi connectivity index (χ3n) is 3.86. The molecule has 2 N–H and O–H groups in total. The van der Waals surface area contributed by atoms with Crippen molar-refractivity contribution in [3.05, 3.63) is 60.0 Å². The lowest BCUT2D eigenvalue weighted by Crippen LogP contribution is -1.89. The Morgan fingerprint density at radius 1 is 1.21 bits per heavy atom. The van der Waals surface area contributed by atoms with Crippen molar-refractivity contribution in [2.45, 2.75) is 6.92 Å². The maximum Gasteiger partial charge on any atom is 0.181 e. The number of benzene rings is 1. The first kappa shape index (κ1) is 14.4. The topological polar surface area (TPSA) is 80.0 Å². The van der Waals surface area contributed by atoms with Gasteiger partial charge in [-0.15, -0.1) is 0 Å². The molecule has 3 aromatic heterocycles. The zero-order chi connectivity index (χ0) is 16.7. The number of imidazole rings is 1. The second-order valence-electron chi connectivity index (χ2n) is 5.47. The third-order valence-corrected chi connectivity index (χ3v) is 4.80. The monoisotopic (exact) mass is 331 g/mol. The van der Waals surface area contributed by atoms with Gasteiger partial charge in [0.05, 0.1) is 22.2 Å². The molecule has 0 saturated heterocycles. The fraction of sp³-hybridized carbons (Fsp3) is 0.0556. The molecule has 1 aromatic carbocycles. The van der Waals surface area contributed by atoms with Crippen molar-refractivity contribution in [1.82, 2.24) is 14.4 Å². The molecule has 0 aliphatic heterocycles. The van der Waals surface area contributed by atoms with Crippen molar-refractivity contribution in [2.24, 2.45) is 0 Å². The number of pyridine rings is 1. The normalized spacial score (nSPS) is 10.8. The molecule has 4 rings (SSSR count). The Bertz CT molecular complexity index is 1100. The highest BCUT2D eigenvalue weighted by molar-refractivity contribution is 7.19. The third kappa shape index (κ3) is 2.32. The van der Waals surface area contributed by atoms with Crippen LogP contribution < -0.4 is 5.73 Å². The average molecular weight is 331 g/mol. The molecule has 0 fully saturated rings. The van der Waals surface area contributed by atoms with Crippen LogP contribution in [-0.4, -0.2) is 14.4 Å². The smallest absolute Gasteiger partial charge is 0.181 e. The number of nitrogens with zero attached hydrogens (tertiary/aromatic N) is 4. The zero-order valence-corrected chi connectivity index (χ0v) is 13.7. The van der Waals surface area contributed by atoms with Crippen LogP contribution in [0.5, 0.6) is 0 Å². The number of nitrogen functional groups attached to an aromatic ring is 1. The van der Waals surface area contributed by atoms with Crippen LogP contribution >= 0.6 is 11.3 Å². The van der Waals surface area contributed by atoms with Crippen LogP contribution in [0.4, 0.5) is 5.13 Å². The average Bonchev–Trinajstić information content (AvgIpc) is 3.18. The molecular weight excluding hydrogens is 318 g/mol. The molecule has 5 nitrogen and oxygen atoms in total. The number of nitrogens with two attached hydrogens (primary N) is 1. The van der Waals surface area contributed by atoms with Gasteiger partial charge in [0.1, 0.15) is 5.65 Å². The van der Waals surface area contributed by atoms with Gasteiger partial charge in [-0.25, -0.2) is 9.97 Å². The van der Waals surface area contributed by atoms with Gasteiger partial charge in [-0.3, -0.25) is 0 Å². The number of thiazole rings is 1. The summed E-state index contributed by atoms with van der Waals surface area (Å²) >= 11 is 1.44. The molecule has 0 bridgehead atoms. The maximum absolute atomic E-state index is 9.12. The summed E-state index contributed by atoms with van der Waals surface area (Å²) in [5.41, 5.74) is 11.3. The van der Waals surface area contributed by atoms with E-state index in [2.05, 4.69) is 16.0 Å². The summed E-state index contributed by atoms with van der Waals surface area (Å²) < 4.78 is 2.04. The highest BCUT2D eigenvalue weighted by atomic mass is 32.1. The number of aryl methyl sites for hydroxylation is 1. The SMILES string of the molecule is Cc1cnc2ccc(-c3sc(N)nc3-c3cccc(C#N)c3)cn12. The van der Waals surface area contributed by atoms with E-state index < -0.39 is 0 Å². The first-order valence-corrected chi connectivity index (χ1v) is 8.18. The standard InChI is InChI=1S/C18H13N5S/c1-11-9-21-15-6-5-14(10-23(11)15)17-16(22-18(20)24-17)13-4-2-3-12(7-13)8-19/h2-7,9-10H,1H3,(H2,20,22). The van der Waals surface area contributed by atoms with Gasteiger partial charge in [0.15, 0.2) is 5.13 Å². The molecule has 6 heteroatoms. The summed E-state index contributed by atoms with van der Waals surface area (Å²) in [4.78, 5) is 9.82. The Kier molecular flexibility index (Phi) is 3.29. The van der Waals surface area contributed by atoms with Crippen molar-refractivity contribution in [3.63, 3.8) is 0 Å². The molecule has 4 aromatic rings. The lowest BCUT2D eigenvalue weighted by Gasteiger charge is -2.05. The largest absolute Gasteiger partial charge is 0.375 e. The van der Waals surface area contributed by atoms with Crippen LogP contribution in [0.15, 0.2) is 48.8 Å². The summed E-state index contributed by atoms with van der Waals surface area (Å²) in [7, 11) is 0. The highest BCUT2D eigenvalue weighted by Gasteiger charge is 2.15. The maximum atomic E-state index is 9.12. The number of anilines is 1. The summed E-state index contributed by atoms with van der Waals surface area (Å²) in [6.07, 6.45) is 3.89. The van der Waals surface area contributed by atoms with Gasteiger partial charge in [0.25, 0.3) is 0 Å². The minimum absolute atomic E-state index is 0.504. The van der Waals surface area contributed by atoms with Crippen LogP contribution in [0, 0.1) is 18.3 Å². The van der Waals surface area contributed by atoms with Crippen molar-refractivity contribution >= 4 is 22.1 Å². The van der Waals surface area contributed by atoms with Gasteiger partial charge in [0, 0.05) is 29.2 Å². The predicted octanol–water partition coefficient (Wildman–Crippen LogP) is 3.89. The van der Waals surface area contributed by atoms with E-state index in [1.54, 1.807) is 6.07 Å². The Morgan fingerprint density at radius 3 is 2.92 bits per heavy atom. The summed E-state index contributed by atoms with van der Waals surface area (Å²) in [5.74, 6) is 0. The second kappa shape index (κ2) is 5.48. The first-order chi connectivity index (χ1) is 11.7. The van der Waals surface area contributed by atoms with Crippen LogP contribution in [0.25, 0.3) is 27.3 Å². The molecule has 0 unspecified atom stereocenters. The molecule has 0 aliphatic carbocycles. The Labute approximate surface area is 142 Å². The molecule has 0 saturated carbocycles. The summed E-state index contributed by atoms with van der Waals surface area (Å²) in [6, 6.07) is 13.6. The van der Waals surface area contributed by atoms with Crippen molar-refractivity contribution in [1.29, 1.82) is 5.26 Å². The minimum atomic E-state index is 0.504. The lowest BCUT2D eigenvalue weighted by atomic mass is 10.1. The van der Waals surface area contributed by atoms with E-state index in [1.165, 1.54) is 11.3 Å². The van der Waals surface area contributed by atoms with Gasteiger partial charge >= 0.3 is 0 Å². The van der Waals surface area contributed by atoms with Crippen LogP contribution in [0.1, 0.15) is 11.3 Å². The molecular formula is C18H13N5S. The minimum Gasteiger partial charge on any atom is -0.375 e. The summed E-state index contributed by atoms with van der Waals surface area (Å²) in [5, 5.41) is 9.63. The van der Waals surface area contributed by atoms with E-state index >= 15 is 0 Å². The van der Waals surface area contributed by atoms with Crippen molar-refractivity contribution in [3.8, 4) is 27.8 Å². The van der Waals surface area contributed by atoms with E-state index in [4.69, 9.17) is 11.0 Å². The van der Waals surface area contributed by atoms with E-state index in [9.17, 15) is 0 Å². The van der Waals surface area contributed by atoms with Crippen molar-refractivity contribution in [2.75, 3.05) is 5.73 Å². The van der Waals surface area contributed by atoms with Gasteiger partial charge in [-0.2, -0.15) is 5.26 Å². The molecule has 0 radical (unpaired) electrons. The predicted molar refractivity (Wildman–Crippen MR) is 95.6 cm³/mol. The van der Waals surface area contributed by atoms with E-state index in [0.717, 1.165) is 33.0 Å². The number of hydrogen-bond acceptors (Lipinski definition) is 5. The molecule has 116 valence electrons. The van der Waals surface area contributed by atoms with Crippen LogP contribution in [-0.2, 0) is 0 Å². The number of hydrogen-bond donors (Lipinski definition) is 1. The fourth-order valence-electron chi connectivity index (χ4n) is 2.70. The Hall–Kier alpha value is -3.17. The number of aromatic nitrogens is 3. The molecule has 0 aliphatic rings. The first-order valence-electron chi connectivity index (χ1n) is 7.36. The molecule has 3 heterocycles. The van der Waals surface area contributed by atoms with Gasteiger partial charge in [-0.1, -0.05) is 23.5 Å². The molecule has 0 atom stereocenters. The second-order valence-corrected chi connectivity index (χ2v) is 6.50. The Balaban J connectivity index is 1.92. The lowest BCUT2D eigenvalue weighted by molar-refractivity contribution is 1.11. The molecule has 0 amide bonds. The number of nitriles is 1. The van der Waals surface area contributed by atoms with Gasteiger partial charge < -0.3 is 10.1 Å². The molecule has 24 heavy (non-hydrogen) atoms. The van der Waals surface area contributed by atoms with Crippen molar-refractivity contribution < 1.29 is 0 Å². The molecule has 0 spiro atoms. The quantitative estimate of drug-likeness (QED) is 0.604. The van der Waals surface area contributed by atoms with Crippen LogP contribution in [0.2, 0.25) is 0 Å². The number of rotatable bonds is 2. The zero-order valence-electron chi connectivity index (χ0n) is 12.9.